The largest absolute Gasteiger partial charge is 0.372 e. The number of unbranched alkanes of at least 4 members (excludes halogenated alkanes) is 8. The average Bonchev–Trinajstić information content (AvgIpc) is 2.67. The van der Waals surface area contributed by atoms with Crippen molar-refractivity contribution in [3.8, 4) is 0 Å². The molecule has 1 rings (SSSR count). The maximum Gasteiger partial charge on any atom is 0.180 e. The Morgan fingerprint density at radius 2 is 1.23 bits per heavy atom. The van der Waals surface area contributed by atoms with E-state index in [0.29, 0.717) is 13.2 Å². The van der Waals surface area contributed by atoms with Crippen LogP contribution in [0.1, 0.15) is 83.6 Å². The molecule has 0 heterocycles. The molecule has 0 atom stereocenters. The Labute approximate surface area is 161 Å². The molecule has 0 spiro atoms. The van der Waals surface area contributed by atoms with Gasteiger partial charge in [-0.1, -0.05) is 95.5 Å². The summed E-state index contributed by atoms with van der Waals surface area (Å²) in [6, 6.07) is 10.3. The van der Waals surface area contributed by atoms with Crippen molar-refractivity contribution in [1.82, 2.24) is 0 Å². The van der Waals surface area contributed by atoms with Crippen molar-refractivity contribution in [2.75, 3.05) is 19.8 Å². The van der Waals surface area contributed by atoms with Crippen LogP contribution < -0.4 is 0 Å². The molecule has 3 heteroatoms. The molecule has 0 aromatic heterocycles. The molecule has 0 aliphatic heterocycles. The summed E-state index contributed by atoms with van der Waals surface area (Å²) in [5.41, 5.74) is 1.19. The highest BCUT2D eigenvalue weighted by Crippen LogP contribution is 2.08. The van der Waals surface area contributed by atoms with E-state index in [-0.39, 0.29) is 6.29 Å². The smallest absolute Gasteiger partial charge is 0.180 e. The van der Waals surface area contributed by atoms with Crippen molar-refractivity contribution in [2.24, 2.45) is 0 Å². The van der Waals surface area contributed by atoms with E-state index in [9.17, 15) is 0 Å². The minimum absolute atomic E-state index is 0.240. The van der Waals surface area contributed by atoms with Crippen LogP contribution in [0.2, 0.25) is 0 Å². The summed E-state index contributed by atoms with van der Waals surface area (Å²) in [5.74, 6) is 0. The predicted molar refractivity (Wildman–Crippen MR) is 109 cm³/mol. The lowest BCUT2D eigenvalue weighted by molar-refractivity contribution is -0.175. The van der Waals surface area contributed by atoms with Crippen molar-refractivity contribution >= 4 is 0 Å². The van der Waals surface area contributed by atoms with Gasteiger partial charge < -0.3 is 14.2 Å². The van der Waals surface area contributed by atoms with Crippen LogP contribution in [-0.2, 0) is 20.8 Å². The molecule has 1 aromatic rings. The minimum Gasteiger partial charge on any atom is -0.372 e. The van der Waals surface area contributed by atoms with E-state index < -0.39 is 0 Å². The van der Waals surface area contributed by atoms with Gasteiger partial charge >= 0.3 is 0 Å². The van der Waals surface area contributed by atoms with Crippen LogP contribution in [0.15, 0.2) is 30.3 Å². The van der Waals surface area contributed by atoms with Gasteiger partial charge in [0.15, 0.2) is 6.29 Å². The molecule has 0 fully saturated rings. The van der Waals surface area contributed by atoms with Crippen LogP contribution in [-0.4, -0.2) is 26.1 Å². The molecule has 0 saturated heterocycles. The van der Waals surface area contributed by atoms with Gasteiger partial charge in [-0.3, -0.25) is 0 Å². The molecule has 0 aliphatic rings. The Kier molecular flexibility index (Phi) is 15.6. The summed E-state index contributed by atoms with van der Waals surface area (Å²) in [6.07, 6.45) is 12.2. The van der Waals surface area contributed by atoms with E-state index in [1.165, 1.54) is 56.9 Å². The van der Waals surface area contributed by atoms with Crippen molar-refractivity contribution < 1.29 is 14.2 Å². The molecular formula is C23H40O3. The molecule has 0 radical (unpaired) electrons. The topological polar surface area (TPSA) is 27.7 Å². The van der Waals surface area contributed by atoms with Crippen LogP contribution in [0.3, 0.4) is 0 Å². The molecule has 3 nitrogen and oxygen atoms in total. The Morgan fingerprint density at radius 1 is 0.692 bits per heavy atom. The second-order valence-electron chi connectivity index (χ2n) is 7.00. The van der Waals surface area contributed by atoms with E-state index in [1.807, 2.05) is 18.2 Å². The Bertz CT molecular complexity index is 378. The summed E-state index contributed by atoms with van der Waals surface area (Å²) in [7, 11) is 0. The van der Waals surface area contributed by atoms with E-state index in [4.69, 9.17) is 14.2 Å². The molecule has 0 saturated carbocycles. The number of hydrogen-bond donors (Lipinski definition) is 0. The molecule has 26 heavy (non-hydrogen) atoms. The Balaban J connectivity index is 2.20. The Hall–Kier alpha value is -0.900. The van der Waals surface area contributed by atoms with E-state index in [1.54, 1.807) is 0 Å². The van der Waals surface area contributed by atoms with E-state index in [0.717, 1.165) is 26.1 Å². The first-order valence-electron chi connectivity index (χ1n) is 10.7. The van der Waals surface area contributed by atoms with Crippen molar-refractivity contribution in [1.29, 1.82) is 0 Å². The second-order valence-corrected chi connectivity index (χ2v) is 7.00. The molecule has 0 unspecified atom stereocenters. The van der Waals surface area contributed by atoms with Crippen molar-refractivity contribution in [3.05, 3.63) is 35.9 Å². The number of ether oxygens (including phenoxy) is 3. The molecular weight excluding hydrogens is 324 g/mol. The zero-order chi connectivity index (χ0) is 18.7. The molecule has 1 aromatic carbocycles. The van der Waals surface area contributed by atoms with Crippen LogP contribution in [0.5, 0.6) is 0 Å². The molecule has 0 amide bonds. The summed E-state index contributed by atoms with van der Waals surface area (Å²) in [4.78, 5) is 0. The highest BCUT2D eigenvalue weighted by molar-refractivity contribution is 5.13. The third kappa shape index (κ3) is 13.3. The summed E-state index contributed by atoms with van der Waals surface area (Å²) < 4.78 is 17.7. The zero-order valence-corrected chi connectivity index (χ0v) is 17.1. The van der Waals surface area contributed by atoms with Crippen molar-refractivity contribution in [3.63, 3.8) is 0 Å². The highest BCUT2D eigenvalue weighted by Gasteiger charge is 2.10. The summed E-state index contributed by atoms with van der Waals surface area (Å²) in [6.45, 7) is 7.11. The zero-order valence-electron chi connectivity index (χ0n) is 17.1. The minimum atomic E-state index is -0.240. The maximum absolute atomic E-state index is 5.94. The monoisotopic (exact) mass is 364 g/mol. The SMILES string of the molecule is CCCCCCCOC(COCc1ccccc1)OCCCCCCC. The lowest BCUT2D eigenvalue weighted by Gasteiger charge is -2.19. The maximum atomic E-state index is 5.94. The lowest BCUT2D eigenvalue weighted by Crippen LogP contribution is -2.24. The third-order valence-corrected chi connectivity index (χ3v) is 4.47. The second kappa shape index (κ2) is 17.5. The quantitative estimate of drug-likeness (QED) is 0.220. The fraction of sp³-hybridized carbons (Fsp3) is 0.739. The van der Waals surface area contributed by atoms with E-state index >= 15 is 0 Å². The fourth-order valence-corrected chi connectivity index (χ4v) is 2.83. The number of hydrogen-bond acceptors (Lipinski definition) is 3. The standard InChI is InChI=1S/C23H40O3/c1-3-5-7-9-14-18-25-23(26-19-15-10-8-6-4-2)21-24-20-22-16-12-11-13-17-22/h11-13,16-17,23H,3-10,14-15,18-21H2,1-2H3. The summed E-state index contributed by atoms with van der Waals surface area (Å²) in [5, 5.41) is 0. The first kappa shape index (κ1) is 23.1. The van der Waals surface area contributed by atoms with Gasteiger partial charge in [0.05, 0.1) is 13.2 Å². The van der Waals surface area contributed by atoms with Gasteiger partial charge in [-0.25, -0.2) is 0 Å². The molecule has 0 aliphatic carbocycles. The molecule has 0 bridgehead atoms. The molecule has 150 valence electrons. The molecule has 0 N–H and O–H groups in total. The van der Waals surface area contributed by atoms with Crippen LogP contribution in [0.4, 0.5) is 0 Å². The van der Waals surface area contributed by atoms with Gasteiger partial charge in [0.2, 0.25) is 0 Å². The average molecular weight is 365 g/mol. The number of benzene rings is 1. The van der Waals surface area contributed by atoms with Crippen LogP contribution in [0.25, 0.3) is 0 Å². The van der Waals surface area contributed by atoms with Crippen LogP contribution >= 0.6 is 0 Å². The van der Waals surface area contributed by atoms with Gasteiger partial charge in [0, 0.05) is 13.2 Å². The third-order valence-electron chi connectivity index (χ3n) is 4.47. The van der Waals surface area contributed by atoms with Gasteiger partial charge in [-0.05, 0) is 18.4 Å². The Morgan fingerprint density at radius 3 is 1.77 bits per heavy atom. The van der Waals surface area contributed by atoms with Gasteiger partial charge in [-0.15, -0.1) is 0 Å². The van der Waals surface area contributed by atoms with Crippen molar-refractivity contribution in [2.45, 2.75) is 91.0 Å². The van der Waals surface area contributed by atoms with Crippen LogP contribution in [0, 0.1) is 0 Å². The van der Waals surface area contributed by atoms with Gasteiger partial charge in [-0.2, -0.15) is 0 Å². The first-order valence-corrected chi connectivity index (χ1v) is 10.7. The van der Waals surface area contributed by atoms with Gasteiger partial charge in [0.1, 0.15) is 0 Å². The predicted octanol–water partition coefficient (Wildman–Crippen LogP) is 6.50. The lowest BCUT2D eigenvalue weighted by atomic mass is 10.2. The summed E-state index contributed by atoms with van der Waals surface area (Å²) >= 11 is 0. The fourth-order valence-electron chi connectivity index (χ4n) is 2.83. The van der Waals surface area contributed by atoms with E-state index in [2.05, 4.69) is 26.0 Å². The normalized spacial score (nSPS) is 11.3. The number of rotatable bonds is 18. The van der Waals surface area contributed by atoms with Gasteiger partial charge in [0.25, 0.3) is 0 Å². The first-order chi connectivity index (χ1) is 12.9. The highest BCUT2D eigenvalue weighted by atomic mass is 16.7.